The summed E-state index contributed by atoms with van der Waals surface area (Å²) in [5.74, 6) is -0.755. The van der Waals surface area contributed by atoms with Crippen LogP contribution in [0.1, 0.15) is 39.5 Å². The van der Waals surface area contributed by atoms with E-state index in [9.17, 15) is 4.79 Å². The van der Waals surface area contributed by atoms with Crippen molar-refractivity contribution in [2.24, 2.45) is 5.41 Å². The van der Waals surface area contributed by atoms with Gasteiger partial charge in [-0.25, -0.2) is 4.79 Å². The minimum atomic E-state index is -0.755. The number of carboxylic acid groups (broad SMARTS) is 1. The SMILES string of the molecule is C=CCC1=C(C(=O)O)CCCC1(C)C. The fourth-order valence-electron chi connectivity index (χ4n) is 2.20. The standard InChI is InChI=1S/C12H18O2/c1-4-6-10-9(11(13)14)7-5-8-12(10,2)3/h4H,1,5-8H2,2-3H3,(H,13,14). The number of carboxylic acids is 1. The molecule has 0 saturated carbocycles. The van der Waals surface area contributed by atoms with Gasteiger partial charge in [-0.2, -0.15) is 0 Å². The van der Waals surface area contributed by atoms with E-state index < -0.39 is 5.97 Å². The molecular weight excluding hydrogens is 176 g/mol. The van der Waals surface area contributed by atoms with Gasteiger partial charge in [-0.3, -0.25) is 0 Å². The molecule has 0 heterocycles. The van der Waals surface area contributed by atoms with Crippen LogP contribution in [-0.2, 0) is 4.79 Å². The minimum Gasteiger partial charge on any atom is -0.478 e. The first-order valence-corrected chi connectivity index (χ1v) is 5.05. The van der Waals surface area contributed by atoms with Crippen molar-refractivity contribution in [3.63, 3.8) is 0 Å². The van der Waals surface area contributed by atoms with Crippen molar-refractivity contribution in [2.45, 2.75) is 39.5 Å². The van der Waals surface area contributed by atoms with E-state index in [2.05, 4.69) is 20.4 Å². The maximum absolute atomic E-state index is 11.0. The second-order valence-electron chi connectivity index (χ2n) is 4.49. The Morgan fingerprint density at radius 2 is 2.29 bits per heavy atom. The highest BCUT2D eigenvalue weighted by atomic mass is 16.4. The Morgan fingerprint density at radius 3 is 2.79 bits per heavy atom. The summed E-state index contributed by atoms with van der Waals surface area (Å²) < 4.78 is 0. The molecule has 2 nitrogen and oxygen atoms in total. The molecule has 14 heavy (non-hydrogen) atoms. The smallest absolute Gasteiger partial charge is 0.331 e. The monoisotopic (exact) mass is 194 g/mol. The molecule has 0 aromatic rings. The fourth-order valence-corrected chi connectivity index (χ4v) is 2.20. The molecule has 0 fully saturated rings. The minimum absolute atomic E-state index is 0.0279. The van der Waals surface area contributed by atoms with Gasteiger partial charge in [0.25, 0.3) is 0 Å². The van der Waals surface area contributed by atoms with Crippen molar-refractivity contribution in [1.82, 2.24) is 0 Å². The summed E-state index contributed by atoms with van der Waals surface area (Å²) in [7, 11) is 0. The Bertz CT molecular complexity index is 285. The van der Waals surface area contributed by atoms with Crippen LogP contribution in [0, 0.1) is 5.41 Å². The Balaban J connectivity index is 3.12. The van der Waals surface area contributed by atoms with Crippen molar-refractivity contribution in [3.05, 3.63) is 23.8 Å². The Kier molecular flexibility index (Phi) is 3.14. The zero-order chi connectivity index (χ0) is 10.8. The molecule has 0 bridgehead atoms. The molecule has 1 rings (SSSR count). The molecule has 1 aliphatic rings. The highest BCUT2D eigenvalue weighted by Gasteiger charge is 2.31. The Hall–Kier alpha value is -1.05. The van der Waals surface area contributed by atoms with Crippen LogP contribution in [0.25, 0.3) is 0 Å². The summed E-state index contributed by atoms with van der Waals surface area (Å²) in [5.41, 5.74) is 1.70. The number of rotatable bonds is 3. The van der Waals surface area contributed by atoms with Crippen LogP contribution in [0.4, 0.5) is 0 Å². The van der Waals surface area contributed by atoms with Gasteiger partial charge in [0.05, 0.1) is 0 Å². The fraction of sp³-hybridized carbons (Fsp3) is 0.583. The lowest BCUT2D eigenvalue weighted by molar-refractivity contribution is -0.133. The zero-order valence-electron chi connectivity index (χ0n) is 8.97. The van der Waals surface area contributed by atoms with Crippen molar-refractivity contribution < 1.29 is 9.90 Å². The highest BCUT2D eigenvalue weighted by molar-refractivity contribution is 5.88. The molecule has 0 saturated heterocycles. The molecule has 0 amide bonds. The predicted octanol–water partition coefficient (Wildman–Crippen LogP) is 3.15. The Morgan fingerprint density at radius 1 is 1.64 bits per heavy atom. The molecule has 2 heteroatoms. The molecule has 0 aromatic carbocycles. The average Bonchev–Trinajstić information content (AvgIpc) is 2.07. The molecule has 0 atom stereocenters. The number of hydrogen-bond donors (Lipinski definition) is 1. The van der Waals surface area contributed by atoms with Gasteiger partial charge in [-0.05, 0) is 31.1 Å². The summed E-state index contributed by atoms with van der Waals surface area (Å²) in [5, 5.41) is 9.08. The molecule has 0 spiro atoms. The van der Waals surface area contributed by atoms with Crippen molar-refractivity contribution in [3.8, 4) is 0 Å². The van der Waals surface area contributed by atoms with E-state index in [1.54, 1.807) is 6.08 Å². The topological polar surface area (TPSA) is 37.3 Å². The number of aliphatic carboxylic acids is 1. The first-order valence-electron chi connectivity index (χ1n) is 5.05. The van der Waals surface area contributed by atoms with Gasteiger partial charge in [0.1, 0.15) is 0 Å². The first-order chi connectivity index (χ1) is 6.49. The van der Waals surface area contributed by atoms with E-state index in [1.807, 2.05) is 0 Å². The number of hydrogen-bond acceptors (Lipinski definition) is 1. The van der Waals surface area contributed by atoms with Crippen molar-refractivity contribution in [1.29, 1.82) is 0 Å². The number of carbonyl (C=O) groups is 1. The van der Waals surface area contributed by atoms with E-state index in [1.165, 1.54) is 0 Å². The van der Waals surface area contributed by atoms with Crippen LogP contribution >= 0.6 is 0 Å². The van der Waals surface area contributed by atoms with E-state index in [0.717, 1.165) is 18.4 Å². The molecule has 0 radical (unpaired) electrons. The van der Waals surface area contributed by atoms with Gasteiger partial charge in [0.15, 0.2) is 0 Å². The summed E-state index contributed by atoms with van der Waals surface area (Å²) in [6.07, 6.45) is 5.27. The van der Waals surface area contributed by atoms with Crippen LogP contribution < -0.4 is 0 Å². The largest absolute Gasteiger partial charge is 0.478 e. The third-order valence-electron chi connectivity index (χ3n) is 3.02. The lowest BCUT2D eigenvalue weighted by atomic mass is 9.71. The molecule has 0 aromatic heterocycles. The summed E-state index contributed by atoms with van der Waals surface area (Å²) in [4.78, 5) is 11.0. The van der Waals surface area contributed by atoms with E-state index >= 15 is 0 Å². The Labute approximate surface area is 85.3 Å². The molecule has 1 N–H and O–H groups in total. The van der Waals surface area contributed by atoms with Gasteiger partial charge in [-0.1, -0.05) is 25.5 Å². The second-order valence-corrected chi connectivity index (χ2v) is 4.49. The summed E-state index contributed by atoms with van der Waals surface area (Å²) in [6.45, 7) is 7.92. The highest BCUT2D eigenvalue weighted by Crippen LogP contribution is 2.41. The van der Waals surface area contributed by atoms with Crippen LogP contribution in [-0.4, -0.2) is 11.1 Å². The maximum Gasteiger partial charge on any atom is 0.331 e. The van der Waals surface area contributed by atoms with Gasteiger partial charge >= 0.3 is 5.97 Å². The maximum atomic E-state index is 11.0. The van der Waals surface area contributed by atoms with Crippen LogP contribution in [0.3, 0.4) is 0 Å². The molecule has 0 unspecified atom stereocenters. The third-order valence-corrected chi connectivity index (χ3v) is 3.02. The van der Waals surface area contributed by atoms with Crippen molar-refractivity contribution >= 4 is 5.97 Å². The lowest BCUT2D eigenvalue weighted by Crippen LogP contribution is -2.23. The zero-order valence-corrected chi connectivity index (χ0v) is 8.97. The normalized spacial score (nSPS) is 20.7. The van der Waals surface area contributed by atoms with Gasteiger partial charge in [0, 0.05) is 5.57 Å². The average molecular weight is 194 g/mol. The first kappa shape index (κ1) is 11.0. The van der Waals surface area contributed by atoms with Crippen LogP contribution in [0.5, 0.6) is 0 Å². The molecule has 1 aliphatic carbocycles. The van der Waals surface area contributed by atoms with E-state index in [-0.39, 0.29) is 5.41 Å². The third kappa shape index (κ3) is 2.06. The van der Waals surface area contributed by atoms with Crippen LogP contribution in [0.2, 0.25) is 0 Å². The van der Waals surface area contributed by atoms with Gasteiger partial charge < -0.3 is 5.11 Å². The van der Waals surface area contributed by atoms with E-state index in [0.29, 0.717) is 18.4 Å². The van der Waals surface area contributed by atoms with Gasteiger partial charge in [0.2, 0.25) is 0 Å². The quantitative estimate of drug-likeness (QED) is 0.701. The lowest BCUT2D eigenvalue weighted by Gasteiger charge is -2.33. The second kappa shape index (κ2) is 3.99. The van der Waals surface area contributed by atoms with Crippen molar-refractivity contribution in [2.75, 3.05) is 0 Å². The molecule has 0 aliphatic heterocycles. The number of allylic oxidation sites excluding steroid dienone is 2. The predicted molar refractivity (Wildman–Crippen MR) is 57.1 cm³/mol. The molecular formula is C12H18O2. The summed E-state index contributed by atoms with van der Waals surface area (Å²) in [6, 6.07) is 0. The molecule has 78 valence electrons. The van der Waals surface area contributed by atoms with Crippen LogP contribution in [0.15, 0.2) is 23.8 Å². The van der Waals surface area contributed by atoms with Gasteiger partial charge in [-0.15, -0.1) is 6.58 Å². The van der Waals surface area contributed by atoms with E-state index in [4.69, 9.17) is 5.11 Å². The summed E-state index contributed by atoms with van der Waals surface area (Å²) >= 11 is 0.